The summed E-state index contributed by atoms with van der Waals surface area (Å²) in [5, 5.41) is 0.413. The van der Waals surface area contributed by atoms with Crippen molar-refractivity contribution in [3.63, 3.8) is 0 Å². The zero-order chi connectivity index (χ0) is 12.3. The zero-order valence-corrected chi connectivity index (χ0v) is 11.9. The van der Waals surface area contributed by atoms with Crippen molar-refractivity contribution in [3.05, 3.63) is 27.7 Å². The molecule has 0 aliphatic heterocycles. The Morgan fingerprint density at radius 1 is 1.56 bits per heavy atom. The Hall–Kier alpha value is -0.370. The Kier molecular flexibility index (Phi) is 4.54. The molecule has 3 N–H and O–H groups in total. The lowest BCUT2D eigenvalue weighted by atomic mass is 10.3. The van der Waals surface area contributed by atoms with Gasteiger partial charge in [-0.05, 0) is 34.1 Å². The topological polar surface area (TPSA) is 72.2 Å². The monoisotopic (exact) mass is 342 g/mol. The van der Waals surface area contributed by atoms with Gasteiger partial charge in [0.25, 0.3) is 0 Å². The van der Waals surface area contributed by atoms with Gasteiger partial charge in [-0.1, -0.05) is 23.8 Å². The van der Waals surface area contributed by atoms with Crippen LogP contribution in [0, 0.1) is 0 Å². The average Bonchev–Trinajstić information content (AvgIpc) is 2.08. The van der Waals surface area contributed by atoms with Crippen molar-refractivity contribution in [2.45, 2.75) is 0 Å². The smallest absolute Gasteiger partial charge is 0.239 e. The standard InChI is InChI=1S/C8H8BrClN2O2S2/c9-6-2-1-5(3-7(6)10)12-16(13,14)4-8(11)15/h1-3,12H,4H2,(H2,11,15). The molecule has 1 aromatic carbocycles. The fourth-order valence-corrected chi connectivity index (χ4v) is 2.79. The van der Waals surface area contributed by atoms with Gasteiger partial charge >= 0.3 is 0 Å². The third kappa shape index (κ3) is 4.25. The largest absolute Gasteiger partial charge is 0.392 e. The molecule has 0 fully saturated rings. The molecule has 0 bridgehead atoms. The van der Waals surface area contributed by atoms with Crippen molar-refractivity contribution < 1.29 is 8.42 Å². The Balaban J connectivity index is 2.88. The van der Waals surface area contributed by atoms with Gasteiger partial charge in [-0.3, -0.25) is 4.72 Å². The summed E-state index contributed by atoms with van der Waals surface area (Å²) in [5.74, 6) is -0.393. The Labute approximate surface area is 112 Å². The summed E-state index contributed by atoms with van der Waals surface area (Å²) in [7, 11) is -3.55. The Bertz CT molecular complexity index is 519. The average molecular weight is 344 g/mol. The number of anilines is 1. The third-order valence-electron chi connectivity index (χ3n) is 1.53. The first kappa shape index (κ1) is 13.7. The van der Waals surface area contributed by atoms with Crippen LogP contribution >= 0.6 is 39.7 Å². The molecule has 0 heterocycles. The van der Waals surface area contributed by atoms with Gasteiger partial charge in [-0.25, -0.2) is 8.42 Å². The molecule has 0 atom stereocenters. The molecule has 0 aliphatic carbocycles. The summed E-state index contributed by atoms with van der Waals surface area (Å²) in [5.41, 5.74) is 5.53. The zero-order valence-electron chi connectivity index (χ0n) is 7.91. The van der Waals surface area contributed by atoms with Crippen LogP contribution in [0.15, 0.2) is 22.7 Å². The maximum atomic E-state index is 11.5. The summed E-state index contributed by atoms with van der Waals surface area (Å²) >= 11 is 13.5. The maximum absolute atomic E-state index is 11.5. The summed E-state index contributed by atoms with van der Waals surface area (Å²) in [4.78, 5) is -0.0873. The minimum Gasteiger partial charge on any atom is -0.392 e. The number of benzene rings is 1. The second-order valence-electron chi connectivity index (χ2n) is 2.96. The molecule has 0 saturated carbocycles. The molecule has 8 heteroatoms. The first-order chi connectivity index (χ1) is 7.30. The van der Waals surface area contributed by atoms with Crippen molar-refractivity contribution in [2.75, 3.05) is 10.5 Å². The quantitative estimate of drug-likeness (QED) is 0.822. The maximum Gasteiger partial charge on any atom is 0.239 e. The lowest BCUT2D eigenvalue weighted by Gasteiger charge is -2.07. The Morgan fingerprint density at radius 2 is 2.19 bits per heavy atom. The summed E-state index contributed by atoms with van der Waals surface area (Å²) in [6.07, 6.45) is 0. The minimum atomic E-state index is -3.55. The minimum absolute atomic E-state index is 0.0873. The first-order valence-corrected chi connectivity index (χ1v) is 7.27. The number of hydrogen-bond acceptors (Lipinski definition) is 3. The second-order valence-corrected chi connectivity index (χ2v) is 6.46. The van der Waals surface area contributed by atoms with Gasteiger partial charge in [-0.15, -0.1) is 0 Å². The van der Waals surface area contributed by atoms with Crippen molar-refractivity contribution in [3.8, 4) is 0 Å². The van der Waals surface area contributed by atoms with Gasteiger partial charge in [0.2, 0.25) is 10.0 Å². The van der Waals surface area contributed by atoms with Crippen LogP contribution in [0.25, 0.3) is 0 Å². The van der Waals surface area contributed by atoms with Crippen molar-refractivity contribution in [1.82, 2.24) is 0 Å². The van der Waals surface area contributed by atoms with E-state index in [-0.39, 0.29) is 4.99 Å². The summed E-state index contributed by atoms with van der Waals surface area (Å²) in [6, 6.07) is 4.71. The molecule has 0 spiro atoms. The van der Waals surface area contributed by atoms with Gasteiger partial charge < -0.3 is 5.73 Å². The number of hydrogen-bond donors (Lipinski definition) is 2. The number of rotatable bonds is 4. The highest BCUT2D eigenvalue weighted by Crippen LogP contribution is 2.25. The lowest BCUT2D eigenvalue weighted by Crippen LogP contribution is -2.26. The number of nitrogens with two attached hydrogens (primary N) is 1. The molecule has 0 amide bonds. The van der Waals surface area contributed by atoms with E-state index in [4.69, 9.17) is 17.3 Å². The van der Waals surface area contributed by atoms with E-state index in [9.17, 15) is 8.42 Å². The van der Waals surface area contributed by atoms with Gasteiger partial charge in [0.15, 0.2) is 0 Å². The number of thiocarbonyl (C=S) groups is 1. The fraction of sp³-hybridized carbons (Fsp3) is 0.125. The molecule has 16 heavy (non-hydrogen) atoms. The molecule has 88 valence electrons. The lowest BCUT2D eigenvalue weighted by molar-refractivity contribution is 0.605. The van der Waals surface area contributed by atoms with Gasteiger partial charge in [0, 0.05) is 4.47 Å². The second kappa shape index (κ2) is 5.31. The molecule has 1 rings (SSSR count). The van der Waals surface area contributed by atoms with Crippen molar-refractivity contribution in [2.24, 2.45) is 5.73 Å². The van der Waals surface area contributed by atoms with E-state index in [1.54, 1.807) is 12.1 Å². The van der Waals surface area contributed by atoms with E-state index in [1.807, 2.05) is 0 Å². The predicted octanol–water partition coefficient (Wildman–Crippen LogP) is 2.13. The fourth-order valence-electron chi connectivity index (χ4n) is 0.963. The Morgan fingerprint density at radius 3 is 2.69 bits per heavy atom. The van der Waals surface area contributed by atoms with Crippen LogP contribution in [0.3, 0.4) is 0 Å². The van der Waals surface area contributed by atoms with E-state index < -0.39 is 15.8 Å². The van der Waals surface area contributed by atoms with Crippen LogP contribution in [-0.4, -0.2) is 19.2 Å². The van der Waals surface area contributed by atoms with Gasteiger partial charge in [-0.2, -0.15) is 0 Å². The number of nitrogens with one attached hydrogen (secondary N) is 1. The summed E-state index contributed by atoms with van der Waals surface area (Å²) in [6.45, 7) is 0. The summed E-state index contributed by atoms with van der Waals surface area (Å²) < 4.78 is 25.9. The highest BCUT2D eigenvalue weighted by Gasteiger charge is 2.12. The first-order valence-electron chi connectivity index (χ1n) is 4.04. The van der Waals surface area contributed by atoms with Crippen LogP contribution in [0.1, 0.15) is 0 Å². The van der Waals surface area contributed by atoms with E-state index >= 15 is 0 Å². The third-order valence-corrected chi connectivity index (χ3v) is 4.32. The highest BCUT2D eigenvalue weighted by molar-refractivity contribution is 9.10. The number of sulfonamides is 1. The molecular formula is C8H8BrClN2O2S2. The van der Waals surface area contributed by atoms with E-state index in [1.165, 1.54) is 6.07 Å². The van der Waals surface area contributed by atoms with Crippen LogP contribution in [0.2, 0.25) is 5.02 Å². The van der Waals surface area contributed by atoms with Gasteiger partial charge in [0.05, 0.1) is 15.7 Å². The normalized spacial score (nSPS) is 11.1. The van der Waals surface area contributed by atoms with Crippen LogP contribution < -0.4 is 10.5 Å². The van der Waals surface area contributed by atoms with Crippen molar-refractivity contribution >= 4 is 60.4 Å². The molecule has 0 saturated heterocycles. The van der Waals surface area contributed by atoms with Crippen molar-refractivity contribution in [1.29, 1.82) is 0 Å². The molecule has 1 aromatic rings. The predicted molar refractivity (Wildman–Crippen MR) is 73.3 cm³/mol. The molecule has 0 aromatic heterocycles. The highest BCUT2D eigenvalue weighted by atomic mass is 79.9. The van der Waals surface area contributed by atoms with Gasteiger partial charge in [0.1, 0.15) is 5.75 Å². The molecule has 4 nitrogen and oxygen atoms in total. The molecular weight excluding hydrogens is 336 g/mol. The van der Waals surface area contributed by atoms with Crippen LogP contribution in [-0.2, 0) is 10.0 Å². The SMILES string of the molecule is NC(=S)CS(=O)(=O)Nc1ccc(Br)c(Cl)c1. The molecule has 0 aliphatic rings. The van der Waals surface area contributed by atoms with Crippen LogP contribution in [0.4, 0.5) is 5.69 Å². The number of halogens is 2. The van der Waals surface area contributed by atoms with E-state index in [0.717, 1.165) is 0 Å². The van der Waals surface area contributed by atoms with E-state index in [2.05, 4.69) is 32.9 Å². The molecule has 0 unspecified atom stereocenters. The van der Waals surface area contributed by atoms with E-state index in [0.29, 0.717) is 15.2 Å². The van der Waals surface area contributed by atoms with Crippen LogP contribution in [0.5, 0.6) is 0 Å². The molecule has 0 radical (unpaired) electrons.